The minimum Gasteiger partial charge on any atom is -0.0622 e. The molecule has 0 spiro atoms. The second kappa shape index (κ2) is 9.61. The van der Waals surface area contributed by atoms with Gasteiger partial charge in [0.15, 0.2) is 0 Å². The highest BCUT2D eigenvalue weighted by molar-refractivity contribution is 7.79. The van der Waals surface area contributed by atoms with Crippen LogP contribution in [0.15, 0.2) is 143 Å². The third-order valence-corrected chi connectivity index (χ3v) is 16.7. The van der Waals surface area contributed by atoms with E-state index < -0.39 is 15.8 Å². The summed E-state index contributed by atoms with van der Waals surface area (Å²) in [4.78, 5) is 0. The minimum atomic E-state index is -0.456. The molecular weight excluding hydrogens is 542 g/mol. The summed E-state index contributed by atoms with van der Waals surface area (Å²) in [6.07, 6.45) is 2.48. The van der Waals surface area contributed by atoms with Crippen molar-refractivity contribution >= 4 is 37.6 Å². The van der Waals surface area contributed by atoms with Gasteiger partial charge in [-0.15, -0.1) is 0 Å². The van der Waals surface area contributed by atoms with Crippen molar-refractivity contribution < 1.29 is 0 Å². The molecule has 0 saturated heterocycles. The van der Waals surface area contributed by atoms with Crippen LogP contribution in [0.1, 0.15) is 49.9 Å². The Balaban J connectivity index is 1.34. The van der Waals surface area contributed by atoms with Gasteiger partial charge in [0, 0.05) is 10.8 Å². The molecule has 8 rings (SSSR count). The second-order valence-corrected chi connectivity index (χ2v) is 16.8. The smallest absolute Gasteiger partial charge is 0.0198 e. The molecule has 4 aromatic rings. The molecule has 0 amide bonds. The summed E-state index contributed by atoms with van der Waals surface area (Å²) in [6, 6.07) is 45.1. The zero-order chi connectivity index (χ0) is 28.6. The number of allylic oxidation sites excluding steroid dienone is 6. The molecule has 0 nitrogen and oxygen atoms in total. The molecule has 0 aromatic heterocycles. The standard InChI is InChI=1S/C40H36P2/c1-27-35(41-25-39(27,3)33(29-17-9-5-10-18-29)37(41)31-21-13-7-14-22-31)36-28(2)40(4)26-42(36)38(32-23-15-8-16-24-32)34(40)30-19-11-6-12-20-30/h5-24H,25-26H2,1-4H3/t39-,40?,41?,42?/m0/s1. The predicted molar refractivity (Wildman–Crippen MR) is 185 cm³/mol. The fourth-order valence-electron chi connectivity index (χ4n) is 8.19. The van der Waals surface area contributed by atoms with Crippen LogP contribution in [0, 0.1) is 10.8 Å². The van der Waals surface area contributed by atoms with E-state index in [2.05, 4.69) is 149 Å². The van der Waals surface area contributed by atoms with Crippen LogP contribution >= 0.6 is 15.8 Å². The van der Waals surface area contributed by atoms with Crippen LogP contribution in [0.25, 0.3) is 21.8 Å². The Hall–Kier alpha value is -3.30. The lowest BCUT2D eigenvalue weighted by atomic mass is 9.72. The van der Waals surface area contributed by atoms with Crippen molar-refractivity contribution in [1.82, 2.24) is 0 Å². The summed E-state index contributed by atoms with van der Waals surface area (Å²) in [6.45, 7) is 10.1. The molecule has 0 radical (unpaired) electrons. The lowest BCUT2D eigenvalue weighted by molar-refractivity contribution is 0.623. The Morgan fingerprint density at radius 3 is 1.00 bits per heavy atom. The summed E-state index contributed by atoms with van der Waals surface area (Å²) in [5.41, 5.74) is 12.2. The highest BCUT2D eigenvalue weighted by Gasteiger charge is 2.58. The fourth-order valence-corrected chi connectivity index (χ4v) is 16.4. The van der Waals surface area contributed by atoms with Gasteiger partial charge in [-0.05, 0) is 96.7 Å². The molecule has 4 atom stereocenters. The molecule has 3 unspecified atom stereocenters. The molecule has 4 aromatic carbocycles. The van der Waals surface area contributed by atoms with Gasteiger partial charge >= 0.3 is 0 Å². The highest BCUT2D eigenvalue weighted by atomic mass is 31.1. The Bertz CT molecular complexity index is 1710. The molecule has 0 fully saturated rings. The van der Waals surface area contributed by atoms with Crippen LogP contribution in [-0.4, -0.2) is 12.3 Å². The fraction of sp³-hybridized carbons (Fsp3) is 0.200. The molecular formula is C40H36P2. The minimum absolute atomic E-state index is 0.0684. The Morgan fingerprint density at radius 1 is 0.405 bits per heavy atom. The summed E-state index contributed by atoms with van der Waals surface area (Å²) < 4.78 is 0. The zero-order valence-corrected chi connectivity index (χ0v) is 26.6. The van der Waals surface area contributed by atoms with Crippen molar-refractivity contribution in [2.45, 2.75) is 27.7 Å². The number of fused-ring (bicyclic) bond motifs is 4. The molecule has 4 aliphatic rings. The van der Waals surface area contributed by atoms with Crippen LogP contribution in [-0.2, 0) is 0 Å². The number of benzene rings is 4. The van der Waals surface area contributed by atoms with Crippen molar-refractivity contribution in [3.63, 3.8) is 0 Å². The van der Waals surface area contributed by atoms with E-state index in [-0.39, 0.29) is 10.8 Å². The van der Waals surface area contributed by atoms with Gasteiger partial charge in [0.1, 0.15) is 0 Å². The van der Waals surface area contributed by atoms with Crippen LogP contribution < -0.4 is 0 Å². The normalized spacial score (nSPS) is 28.1. The van der Waals surface area contributed by atoms with E-state index in [1.807, 2.05) is 0 Å². The van der Waals surface area contributed by atoms with Gasteiger partial charge in [0.05, 0.1) is 0 Å². The Morgan fingerprint density at radius 2 is 0.690 bits per heavy atom. The third-order valence-electron chi connectivity index (χ3n) is 10.4. The number of rotatable bonds is 5. The van der Waals surface area contributed by atoms with Gasteiger partial charge in [0.25, 0.3) is 0 Å². The van der Waals surface area contributed by atoms with Gasteiger partial charge in [-0.2, -0.15) is 0 Å². The van der Waals surface area contributed by atoms with Crippen molar-refractivity contribution in [3.8, 4) is 0 Å². The lowest BCUT2D eigenvalue weighted by Gasteiger charge is -2.36. The molecule has 0 N–H and O–H groups in total. The van der Waals surface area contributed by atoms with E-state index in [9.17, 15) is 0 Å². The molecule has 2 heteroatoms. The van der Waals surface area contributed by atoms with Gasteiger partial charge in [-0.25, -0.2) is 0 Å². The molecule has 0 saturated carbocycles. The maximum atomic E-state index is 2.55. The topological polar surface area (TPSA) is 0 Å². The van der Waals surface area contributed by atoms with Crippen molar-refractivity contribution in [2.24, 2.45) is 10.8 Å². The summed E-state index contributed by atoms with van der Waals surface area (Å²) >= 11 is 0. The van der Waals surface area contributed by atoms with Crippen LogP contribution in [0.3, 0.4) is 0 Å². The molecule has 4 heterocycles. The molecule has 0 aliphatic carbocycles. The van der Waals surface area contributed by atoms with Gasteiger partial charge in [-0.1, -0.05) is 146 Å². The van der Waals surface area contributed by atoms with Crippen molar-refractivity contribution in [2.75, 3.05) is 12.3 Å². The Kier molecular flexibility index (Phi) is 6.02. The molecule has 4 aliphatic heterocycles. The Labute approximate surface area is 253 Å². The van der Waals surface area contributed by atoms with Gasteiger partial charge in [0.2, 0.25) is 0 Å². The monoisotopic (exact) mass is 578 g/mol. The van der Waals surface area contributed by atoms with Crippen LogP contribution in [0.5, 0.6) is 0 Å². The third kappa shape index (κ3) is 3.56. The van der Waals surface area contributed by atoms with E-state index in [4.69, 9.17) is 0 Å². The first-order chi connectivity index (χ1) is 20.4. The summed E-state index contributed by atoms with van der Waals surface area (Å²) in [5, 5.41) is 6.72. The van der Waals surface area contributed by atoms with Crippen molar-refractivity contribution in [1.29, 1.82) is 0 Å². The average Bonchev–Trinajstić information content (AvgIpc) is 3.69. The summed E-state index contributed by atoms with van der Waals surface area (Å²) in [7, 11) is -0.912. The first-order valence-corrected chi connectivity index (χ1v) is 18.2. The van der Waals surface area contributed by atoms with Gasteiger partial charge < -0.3 is 0 Å². The van der Waals surface area contributed by atoms with E-state index in [0.717, 1.165) is 0 Å². The predicted octanol–water partition coefficient (Wildman–Crippen LogP) is 11.7. The second-order valence-electron chi connectivity index (χ2n) is 12.7. The largest absolute Gasteiger partial charge is 0.0622 e. The maximum Gasteiger partial charge on any atom is 0.0198 e. The zero-order valence-electron chi connectivity index (χ0n) is 24.9. The highest BCUT2D eigenvalue weighted by Crippen LogP contribution is 2.87. The summed E-state index contributed by atoms with van der Waals surface area (Å²) in [5.74, 6) is 0. The quantitative estimate of drug-likeness (QED) is 0.207. The number of hydrogen-bond donors (Lipinski definition) is 0. The maximum absolute atomic E-state index is 2.55. The molecule has 206 valence electrons. The van der Waals surface area contributed by atoms with Gasteiger partial charge in [-0.3, -0.25) is 0 Å². The molecule has 4 bridgehead atoms. The lowest BCUT2D eigenvalue weighted by Crippen LogP contribution is -2.20. The first kappa shape index (κ1) is 26.3. The van der Waals surface area contributed by atoms with Crippen LogP contribution in [0.2, 0.25) is 0 Å². The van der Waals surface area contributed by atoms with Crippen LogP contribution in [0.4, 0.5) is 0 Å². The van der Waals surface area contributed by atoms with E-state index in [1.165, 1.54) is 34.6 Å². The van der Waals surface area contributed by atoms with E-state index in [0.29, 0.717) is 0 Å². The number of hydrogen-bond acceptors (Lipinski definition) is 0. The van der Waals surface area contributed by atoms with E-state index >= 15 is 0 Å². The van der Waals surface area contributed by atoms with Crippen molar-refractivity contribution in [3.05, 3.63) is 165 Å². The van der Waals surface area contributed by atoms with E-state index in [1.54, 1.807) is 43.5 Å². The SMILES string of the molecule is CC1=C(C2=C(C)[C@]3(C)CP2C(c2ccccc2)=C3c2ccccc2)P2CC1(C)C(c1ccccc1)=C2c1ccccc1. The first-order valence-electron chi connectivity index (χ1n) is 15.1. The molecule has 42 heavy (non-hydrogen) atoms. The average molecular weight is 579 g/mol.